The maximum absolute atomic E-state index is 12.7. The molecule has 0 aliphatic carbocycles. The van der Waals surface area contributed by atoms with Crippen molar-refractivity contribution in [2.45, 2.75) is 31.3 Å². The molecule has 0 heterocycles. The van der Waals surface area contributed by atoms with Gasteiger partial charge in [-0.3, -0.25) is 4.79 Å². The molecule has 0 aliphatic heterocycles. The summed E-state index contributed by atoms with van der Waals surface area (Å²) in [5.74, 6) is 0.736. The molecule has 1 amide bonds. The molecule has 3 rings (SSSR count). The van der Waals surface area contributed by atoms with E-state index in [1.54, 1.807) is 79.2 Å². The monoisotopic (exact) mass is 619 g/mol. The van der Waals surface area contributed by atoms with E-state index in [-0.39, 0.29) is 36.2 Å². The number of amides is 1. The van der Waals surface area contributed by atoms with E-state index in [2.05, 4.69) is 5.32 Å². The van der Waals surface area contributed by atoms with Crippen molar-refractivity contribution in [2.75, 3.05) is 43.4 Å². The minimum Gasteiger partial charge on any atom is -0.490 e. The summed E-state index contributed by atoms with van der Waals surface area (Å²) in [4.78, 5) is 25.0. The molecule has 1 N–H and O–H groups in total. The molecule has 10 nitrogen and oxygen atoms in total. The second-order valence-corrected chi connectivity index (χ2v) is 14.9. The van der Waals surface area contributed by atoms with E-state index in [1.807, 2.05) is 13.8 Å². The summed E-state index contributed by atoms with van der Waals surface area (Å²) >= 11 is 0. The number of hydrogen-bond acceptors (Lipinski definition) is 9. The van der Waals surface area contributed by atoms with Gasteiger partial charge in [0, 0.05) is 30.5 Å². The fourth-order valence-corrected chi connectivity index (χ4v) is 7.22. The Bertz CT molecular complexity index is 1410. The molecule has 0 bridgehead atoms. The Labute approximate surface area is 248 Å². The lowest BCUT2D eigenvalue weighted by molar-refractivity contribution is -0.115. The molecular weight excluding hydrogens is 582 g/mol. The van der Waals surface area contributed by atoms with Crippen LogP contribution in [0.4, 0.5) is 10.5 Å². The van der Waals surface area contributed by atoms with Crippen molar-refractivity contribution in [1.82, 2.24) is 0 Å². The summed E-state index contributed by atoms with van der Waals surface area (Å²) in [6.45, 7) is 4.22. The van der Waals surface area contributed by atoms with Crippen molar-refractivity contribution in [3.63, 3.8) is 0 Å². The van der Waals surface area contributed by atoms with Gasteiger partial charge in [0.05, 0.1) is 11.5 Å². The fraction of sp³-hybridized carbons (Fsp3) is 0.333. The molecule has 0 spiro atoms. The molecule has 3 aromatic rings. The van der Waals surface area contributed by atoms with Gasteiger partial charge < -0.3 is 24.3 Å². The van der Waals surface area contributed by atoms with Gasteiger partial charge in [0.15, 0.2) is 6.10 Å². The van der Waals surface area contributed by atoms with Crippen LogP contribution in [0.1, 0.15) is 18.9 Å². The number of carbonyl (C=O) groups is 2. The standard InChI is InChI=1S/C30H37NO9S2/c1-5-36-21-27(39-30(33)38-25-11-7-6-8-12-25)22-37-26-13-9-10-24(20-26)31-29(32)18-19-41(3,4)40-42(34,35)28-16-14-23(2)15-17-28/h6-17,20,27H,5,18-19,21-22H2,1-4H3,(H,31,32). The molecular formula is C30H37NO9S2. The van der Waals surface area contributed by atoms with Gasteiger partial charge in [-0.15, -0.1) is 10.3 Å². The summed E-state index contributed by atoms with van der Waals surface area (Å²) in [6, 6.07) is 21.7. The third-order valence-electron chi connectivity index (χ3n) is 5.67. The van der Waals surface area contributed by atoms with E-state index in [1.165, 1.54) is 12.1 Å². The smallest absolute Gasteiger partial charge is 0.490 e. The zero-order valence-electron chi connectivity index (χ0n) is 24.1. The average molecular weight is 620 g/mol. The molecule has 42 heavy (non-hydrogen) atoms. The SMILES string of the molecule is CCOCC(COc1cccc(NC(=O)CCS(C)(C)OS(=O)(=O)c2ccc(C)cc2)c1)OC(=O)Oc1ccccc1. The Balaban J connectivity index is 1.51. The maximum atomic E-state index is 12.7. The van der Waals surface area contributed by atoms with Crippen LogP contribution in [-0.4, -0.2) is 64.7 Å². The second kappa shape index (κ2) is 15.6. The number of aryl methyl sites for hydroxylation is 1. The highest BCUT2D eigenvalue weighted by Gasteiger charge is 2.25. The number of rotatable bonds is 15. The molecule has 0 saturated carbocycles. The minimum atomic E-state index is -3.95. The van der Waals surface area contributed by atoms with E-state index in [0.717, 1.165) is 5.56 Å². The van der Waals surface area contributed by atoms with Gasteiger partial charge in [0.25, 0.3) is 0 Å². The molecule has 0 aliphatic rings. The first-order valence-corrected chi connectivity index (χ1v) is 17.2. The first kappa shape index (κ1) is 32.9. The summed E-state index contributed by atoms with van der Waals surface area (Å²) in [7, 11) is -6.04. The predicted molar refractivity (Wildman–Crippen MR) is 163 cm³/mol. The van der Waals surface area contributed by atoms with Crippen molar-refractivity contribution in [3.05, 3.63) is 84.4 Å². The van der Waals surface area contributed by atoms with E-state index >= 15 is 0 Å². The zero-order valence-corrected chi connectivity index (χ0v) is 25.7. The molecule has 1 unspecified atom stereocenters. The van der Waals surface area contributed by atoms with Gasteiger partial charge in [-0.25, -0.2) is 8.42 Å². The molecule has 12 heteroatoms. The number of benzene rings is 3. The van der Waals surface area contributed by atoms with Crippen molar-refractivity contribution in [1.29, 1.82) is 0 Å². The van der Waals surface area contributed by atoms with Crippen LogP contribution in [-0.2, 0) is 28.0 Å². The highest BCUT2D eigenvalue weighted by molar-refractivity contribution is 8.32. The largest absolute Gasteiger partial charge is 0.514 e. The van der Waals surface area contributed by atoms with Gasteiger partial charge in [-0.2, -0.15) is 8.42 Å². The Morgan fingerprint density at radius 3 is 2.26 bits per heavy atom. The average Bonchev–Trinajstić information content (AvgIpc) is 2.94. The lowest BCUT2D eigenvalue weighted by atomic mass is 10.2. The van der Waals surface area contributed by atoms with Crippen molar-refractivity contribution < 1.29 is 40.6 Å². The number of para-hydroxylation sites is 1. The van der Waals surface area contributed by atoms with Crippen LogP contribution < -0.4 is 14.8 Å². The fourth-order valence-electron chi connectivity index (χ4n) is 3.55. The van der Waals surface area contributed by atoms with E-state index in [0.29, 0.717) is 23.8 Å². The summed E-state index contributed by atoms with van der Waals surface area (Å²) in [6.07, 6.45) is 1.86. The quantitative estimate of drug-likeness (QED) is 0.168. The summed E-state index contributed by atoms with van der Waals surface area (Å²) < 4.78 is 52.7. The number of hydrogen-bond donors (Lipinski definition) is 1. The van der Waals surface area contributed by atoms with Crippen molar-refractivity contribution >= 4 is 38.2 Å². The Morgan fingerprint density at radius 2 is 1.57 bits per heavy atom. The highest BCUT2D eigenvalue weighted by Crippen LogP contribution is 2.45. The number of carbonyl (C=O) groups excluding carboxylic acids is 2. The normalized spacial score (nSPS) is 12.7. The summed E-state index contributed by atoms with van der Waals surface area (Å²) in [5.41, 5.74) is 1.43. The maximum Gasteiger partial charge on any atom is 0.514 e. The Morgan fingerprint density at radius 1 is 0.881 bits per heavy atom. The van der Waals surface area contributed by atoms with Gasteiger partial charge in [-0.05, 0) is 62.8 Å². The van der Waals surface area contributed by atoms with Crippen molar-refractivity contribution in [3.8, 4) is 11.5 Å². The third kappa shape index (κ3) is 11.4. The molecule has 0 aromatic heterocycles. The second-order valence-electron chi connectivity index (χ2n) is 9.68. The van der Waals surface area contributed by atoms with Crippen LogP contribution in [0.15, 0.2) is 83.8 Å². The Hall–Kier alpha value is -3.58. The highest BCUT2D eigenvalue weighted by atomic mass is 32.3. The molecule has 0 fully saturated rings. The van der Waals surface area contributed by atoms with Crippen LogP contribution in [0, 0.1) is 6.92 Å². The van der Waals surface area contributed by atoms with Gasteiger partial charge in [-0.1, -0.05) is 42.0 Å². The number of ether oxygens (including phenoxy) is 4. The number of anilines is 1. The first-order chi connectivity index (χ1) is 20.0. The molecule has 228 valence electrons. The predicted octanol–water partition coefficient (Wildman–Crippen LogP) is 5.71. The molecule has 3 aromatic carbocycles. The Kier molecular flexibility index (Phi) is 12.2. The van der Waals surface area contributed by atoms with E-state index in [9.17, 15) is 18.0 Å². The topological polar surface area (TPSA) is 126 Å². The van der Waals surface area contributed by atoms with Crippen LogP contribution in [0.2, 0.25) is 0 Å². The van der Waals surface area contributed by atoms with Gasteiger partial charge >= 0.3 is 16.3 Å². The zero-order chi connectivity index (χ0) is 30.6. The molecule has 0 saturated heterocycles. The van der Waals surface area contributed by atoms with Crippen LogP contribution in [0.25, 0.3) is 0 Å². The lowest BCUT2D eigenvalue weighted by Gasteiger charge is -2.29. The molecule has 0 radical (unpaired) electrons. The van der Waals surface area contributed by atoms with Crippen LogP contribution >= 0.6 is 10.3 Å². The first-order valence-electron chi connectivity index (χ1n) is 13.2. The van der Waals surface area contributed by atoms with Gasteiger partial charge in [0.1, 0.15) is 18.1 Å². The van der Waals surface area contributed by atoms with Crippen LogP contribution in [0.5, 0.6) is 11.5 Å². The number of nitrogens with one attached hydrogen (secondary N) is 1. The van der Waals surface area contributed by atoms with E-state index in [4.69, 9.17) is 22.6 Å². The lowest BCUT2D eigenvalue weighted by Crippen LogP contribution is -2.31. The van der Waals surface area contributed by atoms with Crippen LogP contribution in [0.3, 0.4) is 0 Å². The summed E-state index contributed by atoms with van der Waals surface area (Å²) in [5, 5.41) is 2.80. The minimum absolute atomic E-state index is 0.00830. The third-order valence-corrected chi connectivity index (χ3v) is 9.90. The molecule has 1 atom stereocenters. The van der Waals surface area contributed by atoms with Crippen molar-refractivity contribution in [2.24, 2.45) is 0 Å². The van der Waals surface area contributed by atoms with Gasteiger partial charge in [0.2, 0.25) is 5.91 Å². The van der Waals surface area contributed by atoms with E-state index < -0.39 is 32.7 Å².